The van der Waals surface area contributed by atoms with E-state index in [9.17, 15) is 9.59 Å². The first-order valence-electron chi connectivity index (χ1n) is 12.2. The van der Waals surface area contributed by atoms with Gasteiger partial charge in [-0.25, -0.2) is 14.6 Å². The molecule has 0 amide bonds. The Morgan fingerprint density at radius 3 is 2.43 bits per heavy atom. The molecule has 1 aromatic heterocycles. The van der Waals surface area contributed by atoms with E-state index in [0.717, 1.165) is 52.8 Å². The van der Waals surface area contributed by atoms with Crippen LogP contribution in [0.25, 0.3) is 22.2 Å². The molecule has 0 unspecified atom stereocenters. The van der Waals surface area contributed by atoms with Crippen LogP contribution in [0.15, 0.2) is 71.9 Å². The lowest BCUT2D eigenvalue weighted by atomic mass is 9.98. The maximum absolute atomic E-state index is 12.5. The van der Waals surface area contributed by atoms with Gasteiger partial charge in [0.2, 0.25) is 0 Å². The van der Waals surface area contributed by atoms with Crippen LogP contribution in [0.1, 0.15) is 54.0 Å². The maximum Gasteiger partial charge on any atom is 0.340 e. The molecule has 0 aliphatic carbocycles. The second-order valence-corrected chi connectivity index (χ2v) is 8.68. The molecular weight excluding hydrogens is 468 g/mol. The van der Waals surface area contributed by atoms with Crippen molar-refractivity contribution in [2.24, 2.45) is 10.9 Å². The molecule has 0 radical (unpaired) electrons. The number of nitrogens with zero attached hydrogens (tertiary/aromatic N) is 3. The van der Waals surface area contributed by atoms with Crippen molar-refractivity contribution in [1.82, 2.24) is 9.55 Å². The summed E-state index contributed by atoms with van der Waals surface area (Å²) in [6.07, 6.45) is 2.87. The van der Waals surface area contributed by atoms with Crippen LogP contribution < -0.4 is 5.73 Å². The molecule has 3 aromatic carbocycles. The van der Waals surface area contributed by atoms with Gasteiger partial charge in [0.25, 0.3) is 0 Å². The van der Waals surface area contributed by atoms with E-state index < -0.39 is 5.97 Å². The Morgan fingerprint density at radius 2 is 1.73 bits per heavy atom. The minimum atomic E-state index is -0.537. The second-order valence-electron chi connectivity index (χ2n) is 8.68. The van der Waals surface area contributed by atoms with Crippen molar-refractivity contribution in [2.45, 2.75) is 39.7 Å². The number of imidazole rings is 1. The zero-order chi connectivity index (χ0) is 26.4. The molecule has 0 saturated carbocycles. The van der Waals surface area contributed by atoms with E-state index in [1.807, 2.05) is 60.7 Å². The Bertz CT molecular complexity index is 1450. The lowest BCUT2D eigenvalue weighted by molar-refractivity contribution is -0.140. The van der Waals surface area contributed by atoms with Crippen molar-refractivity contribution in [3.8, 4) is 11.1 Å². The molecule has 190 valence electrons. The highest BCUT2D eigenvalue weighted by atomic mass is 16.7. The summed E-state index contributed by atoms with van der Waals surface area (Å²) in [6.45, 7) is 3.97. The number of ether oxygens (including phenoxy) is 1. The van der Waals surface area contributed by atoms with Gasteiger partial charge < -0.3 is 19.9 Å². The number of nitrogens with two attached hydrogens (primary N) is 1. The zero-order valence-electron chi connectivity index (χ0n) is 21.2. The number of carbonyl (C=O) groups excluding carboxylic acids is 2. The molecule has 4 aromatic rings. The highest BCUT2D eigenvalue weighted by Gasteiger charge is 2.19. The van der Waals surface area contributed by atoms with Crippen LogP contribution in [-0.4, -0.2) is 34.4 Å². The van der Waals surface area contributed by atoms with Gasteiger partial charge in [0.05, 0.1) is 23.7 Å². The van der Waals surface area contributed by atoms with E-state index in [4.69, 9.17) is 20.3 Å². The number of hydrogen-bond acceptors (Lipinski definition) is 6. The topological polar surface area (TPSA) is 109 Å². The maximum atomic E-state index is 12.5. The number of fused-ring (bicyclic) bond motifs is 1. The molecule has 0 aliphatic heterocycles. The SMILES string of the molecule is CCCCc1nc2cccc(C(=O)OC)c2n1Cc1ccc(-c2ccccc2/C(N)=N\OC(C)=O)cc1. The minimum Gasteiger partial charge on any atom is -0.465 e. The molecular formula is C29H30N4O4. The number of carbonyl (C=O) groups is 2. The van der Waals surface area contributed by atoms with Crippen molar-refractivity contribution >= 4 is 28.8 Å². The summed E-state index contributed by atoms with van der Waals surface area (Å²) >= 11 is 0. The first-order chi connectivity index (χ1) is 17.9. The largest absolute Gasteiger partial charge is 0.465 e. The molecule has 2 N–H and O–H groups in total. The number of rotatable bonds is 9. The first-order valence-corrected chi connectivity index (χ1v) is 12.2. The molecule has 0 spiro atoms. The van der Waals surface area contributed by atoms with Crippen molar-refractivity contribution in [3.05, 3.63) is 89.2 Å². The molecule has 0 atom stereocenters. The molecule has 4 rings (SSSR count). The van der Waals surface area contributed by atoms with E-state index in [0.29, 0.717) is 17.7 Å². The Labute approximate surface area is 215 Å². The van der Waals surface area contributed by atoms with Crippen LogP contribution in [0.5, 0.6) is 0 Å². The summed E-state index contributed by atoms with van der Waals surface area (Å²) in [6, 6.07) is 21.2. The van der Waals surface area contributed by atoms with Gasteiger partial charge in [0, 0.05) is 25.5 Å². The van der Waals surface area contributed by atoms with Gasteiger partial charge in [0.15, 0.2) is 5.84 Å². The number of esters is 1. The summed E-state index contributed by atoms with van der Waals surface area (Å²) in [5, 5.41) is 3.74. The van der Waals surface area contributed by atoms with Gasteiger partial charge in [-0.05, 0) is 35.2 Å². The number of aromatic nitrogens is 2. The van der Waals surface area contributed by atoms with Crippen LogP contribution in [0.4, 0.5) is 0 Å². The molecule has 0 bridgehead atoms. The number of hydrogen-bond donors (Lipinski definition) is 1. The number of oxime groups is 1. The van der Waals surface area contributed by atoms with Crippen LogP contribution >= 0.6 is 0 Å². The lowest BCUT2D eigenvalue weighted by Crippen LogP contribution is -2.15. The monoisotopic (exact) mass is 498 g/mol. The van der Waals surface area contributed by atoms with Gasteiger partial charge in [-0.15, -0.1) is 0 Å². The van der Waals surface area contributed by atoms with Crippen molar-refractivity contribution in [2.75, 3.05) is 7.11 Å². The third-order valence-corrected chi connectivity index (χ3v) is 6.09. The first kappa shape index (κ1) is 25.6. The third-order valence-electron chi connectivity index (χ3n) is 6.09. The van der Waals surface area contributed by atoms with Gasteiger partial charge in [-0.3, -0.25) is 0 Å². The number of unbranched alkanes of at least 4 members (excludes halogenated alkanes) is 1. The highest BCUT2D eigenvalue weighted by molar-refractivity contribution is 6.03. The van der Waals surface area contributed by atoms with E-state index >= 15 is 0 Å². The summed E-state index contributed by atoms with van der Waals surface area (Å²) < 4.78 is 7.15. The van der Waals surface area contributed by atoms with Crippen LogP contribution in [0.3, 0.4) is 0 Å². The molecule has 0 saturated heterocycles. The van der Waals surface area contributed by atoms with Crippen LogP contribution in [0, 0.1) is 0 Å². The third kappa shape index (κ3) is 5.69. The van der Waals surface area contributed by atoms with Gasteiger partial charge in [0.1, 0.15) is 5.82 Å². The molecule has 37 heavy (non-hydrogen) atoms. The molecule has 0 aliphatic rings. The average molecular weight is 499 g/mol. The number of para-hydroxylation sites is 1. The van der Waals surface area contributed by atoms with Gasteiger partial charge >= 0.3 is 11.9 Å². The minimum absolute atomic E-state index is 0.121. The quantitative estimate of drug-likeness (QED) is 0.114. The van der Waals surface area contributed by atoms with E-state index in [2.05, 4.69) is 16.6 Å². The van der Waals surface area contributed by atoms with E-state index in [-0.39, 0.29) is 11.8 Å². The molecule has 8 nitrogen and oxygen atoms in total. The molecule has 1 heterocycles. The smallest absolute Gasteiger partial charge is 0.340 e. The molecule has 8 heteroatoms. The average Bonchev–Trinajstić information content (AvgIpc) is 3.27. The number of benzene rings is 3. The Kier molecular flexibility index (Phi) is 7.98. The number of aryl methyl sites for hydroxylation is 1. The zero-order valence-corrected chi connectivity index (χ0v) is 21.2. The second kappa shape index (κ2) is 11.5. The van der Waals surface area contributed by atoms with Crippen molar-refractivity contribution in [3.63, 3.8) is 0 Å². The van der Waals surface area contributed by atoms with E-state index in [1.54, 1.807) is 6.07 Å². The fourth-order valence-electron chi connectivity index (χ4n) is 4.30. The van der Waals surface area contributed by atoms with Crippen LogP contribution in [0.2, 0.25) is 0 Å². The molecule has 0 fully saturated rings. The van der Waals surface area contributed by atoms with Gasteiger partial charge in [-0.2, -0.15) is 0 Å². The van der Waals surface area contributed by atoms with Crippen molar-refractivity contribution < 1.29 is 19.2 Å². The Morgan fingerprint density at radius 1 is 1.00 bits per heavy atom. The highest BCUT2D eigenvalue weighted by Crippen LogP contribution is 2.27. The summed E-state index contributed by atoms with van der Waals surface area (Å²) in [4.78, 5) is 33.2. The fraction of sp³-hybridized carbons (Fsp3) is 0.241. The Hall–Kier alpha value is -4.46. The number of methoxy groups -OCH3 is 1. The van der Waals surface area contributed by atoms with Gasteiger partial charge in [-0.1, -0.05) is 73.1 Å². The van der Waals surface area contributed by atoms with Crippen LogP contribution in [-0.2, 0) is 27.3 Å². The predicted molar refractivity (Wildman–Crippen MR) is 143 cm³/mol. The summed E-state index contributed by atoms with van der Waals surface area (Å²) in [5.74, 6) is 0.145. The van der Waals surface area contributed by atoms with E-state index in [1.165, 1.54) is 14.0 Å². The number of amidine groups is 1. The fourth-order valence-corrected chi connectivity index (χ4v) is 4.30. The predicted octanol–water partition coefficient (Wildman–Crippen LogP) is 5.06. The lowest BCUT2D eigenvalue weighted by Gasteiger charge is -2.13. The standard InChI is InChI=1S/C29H30N4O4/c1-4-5-13-26-31-25-12-8-11-24(29(35)36-3)27(25)33(26)18-20-14-16-21(17-15-20)22-9-6-7-10-23(22)28(30)32-37-19(2)34/h6-12,14-17H,4-5,13,18H2,1-3H3,(H2,30,32). The summed E-state index contributed by atoms with van der Waals surface area (Å²) in [5.41, 5.74) is 11.7. The Balaban J connectivity index is 1.70. The normalized spacial score (nSPS) is 11.5. The summed E-state index contributed by atoms with van der Waals surface area (Å²) in [7, 11) is 1.39. The van der Waals surface area contributed by atoms with Crippen molar-refractivity contribution in [1.29, 1.82) is 0 Å².